The molecular weight excluding hydrogens is 206 g/mol. The zero-order valence-electron chi connectivity index (χ0n) is 9.87. The fourth-order valence-corrected chi connectivity index (χ4v) is 1.95. The van der Waals surface area contributed by atoms with Crippen LogP contribution >= 0.6 is 0 Å². The second kappa shape index (κ2) is 4.61. The van der Waals surface area contributed by atoms with E-state index in [4.69, 9.17) is 14.2 Å². The highest BCUT2D eigenvalue weighted by molar-refractivity contribution is 5.57. The minimum atomic E-state index is 0.370. The van der Waals surface area contributed by atoms with Gasteiger partial charge in [0.05, 0.1) is 21.3 Å². The number of nitrogens with one attached hydrogen (secondary N) is 1. The van der Waals surface area contributed by atoms with Gasteiger partial charge in [-0.15, -0.1) is 0 Å². The zero-order valence-corrected chi connectivity index (χ0v) is 9.87. The molecule has 1 fully saturated rings. The fraction of sp³-hybridized carbons (Fsp3) is 0.500. The standard InChI is InChI=1S/C12H17NO3/c1-14-10-5-4-8(9-6-7-13-9)11(15-2)12(10)16-3/h4-5,9,13H,6-7H2,1-3H3/t9-/m1/s1. The summed E-state index contributed by atoms with van der Waals surface area (Å²) in [7, 11) is 4.90. The van der Waals surface area contributed by atoms with Gasteiger partial charge in [0.1, 0.15) is 0 Å². The van der Waals surface area contributed by atoms with Crippen LogP contribution < -0.4 is 19.5 Å². The third-order valence-corrected chi connectivity index (χ3v) is 2.93. The molecule has 0 aromatic heterocycles. The Morgan fingerprint density at radius 1 is 1.06 bits per heavy atom. The predicted octanol–water partition coefficient (Wildman–Crippen LogP) is 1.75. The lowest BCUT2D eigenvalue weighted by Crippen LogP contribution is -2.35. The van der Waals surface area contributed by atoms with Crippen molar-refractivity contribution >= 4 is 0 Å². The van der Waals surface area contributed by atoms with E-state index in [0.29, 0.717) is 17.5 Å². The molecule has 1 saturated heterocycles. The Morgan fingerprint density at radius 2 is 1.75 bits per heavy atom. The van der Waals surface area contributed by atoms with Crippen LogP contribution in [0, 0.1) is 0 Å². The van der Waals surface area contributed by atoms with Crippen LogP contribution in [0.2, 0.25) is 0 Å². The van der Waals surface area contributed by atoms with Crippen molar-refractivity contribution in [3.8, 4) is 17.2 Å². The molecule has 1 N–H and O–H groups in total. The van der Waals surface area contributed by atoms with Crippen LogP contribution in [0.5, 0.6) is 17.2 Å². The van der Waals surface area contributed by atoms with Crippen LogP contribution in [0.15, 0.2) is 12.1 Å². The molecule has 0 unspecified atom stereocenters. The minimum Gasteiger partial charge on any atom is -0.493 e. The van der Waals surface area contributed by atoms with E-state index >= 15 is 0 Å². The van der Waals surface area contributed by atoms with Crippen molar-refractivity contribution in [2.75, 3.05) is 27.9 Å². The van der Waals surface area contributed by atoms with Gasteiger partial charge in [0.25, 0.3) is 0 Å². The first-order chi connectivity index (χ1) is 7.81. The smallest absolute Gasteiger partial charge is 0.203 e. The van der Waals surface area contributed by atoms with E-state index in [1.807, 2.05) is 12.1 Å². The Bertz CT molecular complexity index is 375. The first-order valence-electron chi connectivity index (χ1n) is 5.34. The molecule has 16 heavy (non-hydrogen) atoms. The summed E-state index contributed by atoms with van der Waals surface area (Å²) < 4.78 is 16.0. The highest BCUT2D eigenvalue weighted by Gasteiger charge is 2.25. The maximum absolute atomic E-state index is 5.42. The molecule has 1 aliphatic rings. The lowest BCUT2D eigenvalue weighted by Gasteiger charge is -2.30. The molecule has 1 aromatic carbocycles. The largest absolute Gasteiger partial charge is 0.493 e. The van der Waals surface area contributed by atoms with Crippen molar-refractivity contribution in [2.24, 2.45) is 0 Å². The van der Waals surface area contributed by atoms with Crippen LogP contribution in [0.25, 0.3) is 0 Å². The van der Waals surface area contributed by atoms with Gasteiger partial charge in [-0.05, 0) is 25.1 Å². The Morgan fingerprint density at radius 3 is 2.19 bits per heavy atom. The molecule has 0 amide bonds. The molecule has 2 rings (SSSR count). The molecule has 1 aliphatic heterocycles. The van der Waals surface area contributed by atoms with E-state index in [2.05, 4.69) is 5.32 Å². The van der Waals surface area contributed by atoms with Gasteiger partial charge in [0.2, 0.25) is 5.75 Å². The lowest BCUT2D eigenvalue weighted by atomic mass is 9.96. The molecular formula is C12H17NO3. The second-order valence-corrected chi connectivity index (χ2v) is 3.72. The third kappa shape index (κ3) is 1.69. The second-order valence-electron chi connectivity index (χ2n) is 3.72. The molecule has 0 spiro atoms. The molecule has 4 nitrogen and oxygen atoms in total. The van der Waals surface area contributed by atoms with Crippen molar-refractivity contribution in [1.82, 2.24) is 5.32 Å². The van der Waals surface area contributed by atoms with Crippen molar-refractivity contribution in [1.29, 1.82) is 0 Å². The molecule has 1 atom stereocenters. The third-order valence-electron chi connectivity index (χ3n) is 2.93. The van der Waals surface area contributed by atoms with Gasteiger partial charge in [-0.1, -0.05) is 0 Å². The molecule has 0 aliphatic carbocycles. The summed E-state index contributed by atoms with van der Waals surface area (Å²) in [6.07, 6.45) is 1.13. The maximum Gasteiger partial charge on any atom is 0.203 e. The first-order valence-corrected chi connectivity index (χ1v) is 5.34. The lowest BCUT2D eigenvalue weighted by molar-refractivity contribution is 0.309. The quantitative estimate of drug-likeness (QED) is 0.844. The molecule has 0 saturated carbocycles. The molecule has 1 heterocycles. The van der Waals surface area contributed by atoms with Crippen LogP contribution in [0.1, 0.15) is 18.0 Å². The molecule has 0 radical (unpaired) electrons. The first kappa shape index (κ1) is 11.1. The van der Waals surface area contributed by atoms with Crippen LogP contribution in [0.4, 0.5) is 0 Å². The van der Waals surface area contributed by atoms with E-state index in [1.54, 1.807) is 21.3 Å². The summed E-state index contributed by atoms with van der Waals surface area (Å²) in [5, 5.41) is 3.35. The number of methoxy groups -OCH3 is 3. The monoisotopic (exact) mass is 223 g/mol. The Labute approximate surface area is 95.5 Å². The predicted molar refractivity (Wildman–Crippen MR) is 61.5 cm³/mol. The zero-order chi connectivity index (χ0) is 11.5. The highest BCUT2D eigenvalue weighted by atomic mass is 16.5. The molecule has 4 heteroatoms. The number of hydrogen-bond donors (Lipinski definition) is 1. The maximum atomic E-state index is 5.42. The number of rotatable bonds is 4. The topological polar surface area (TPSA) is 39.7 Å². The Kier molecular flexibility index (Phi) is 3.19. The molecule has 0 bridgehead atoms. The van der Waals surface area contributed by atoms with Crippen molar-refractivity contribution in [3.63, 3.8) is 0 Å². The van der Waals surface area contributed by atoms with Gasteiger partial charge in [-0.3, -0.25) is 0 Å². The van der Waals surface area contributed by atoms with E-state index in [0.717, 1.165) is 24.3 Å². The van der Waals surface area contributed by atoms with Crippen molar-refractivity contribution in [3.05, 3.63) is 17.7 Å². The van der Waals surface area contributed by atoms with Crippen LogP contribution in [-0.4, -0.2) is 27.9 Å². The minimum absolute atomic E-state index is 0.370. The summed E-state index contributed by atoms with van der Waals surface area (Å²) >= 11 is 0. The summed E-state index contributed by atoms with van der Waals surface area (Å²) in [6, 6.07) is 4.31. The van der Waals surface area contributed by atoms with E-state index in [-0.39, 0.29) is 0 Å². The number of hydrogen-bond acceptors (Lipinski definition) is 4. The van der Waals surface area contributed by atoms with E-state index in [1.165, 1.54) is 0 Å². The van der Waals surface area contributed by atoms with Crippen LogP contribution in [0.3, 0.4) is 0 Å². The van der Waals surface area contributed by atoms with E-state index in [9.17, 15) is 0 Å². The average molecular weight is 223 g/mol. The number of benzene rings is 1. The van der Waals surface area contributed by atoms with Gasteiger partial charge in [-0.2, -0.15) is 0 Å². The summed E-state index contributed by atoms with van der Waals surface area (Å²) in [5.41, 5.74) is 1.13. The fourth-order valence-electron chi connectivity index (χ4n) is 1.95. The Balaban J connectivity index is 2.45. The summed E-state index contributed by atoms with van der Waals surface area (Å²) in [4.78, 5) is 0. The van der Waals surface area contributed by atoms with Crippen LogP contribution in [-0.2, 0) is 0 Å². The highest BCUT2D eigenvalue weighted by Crippen LogP contribution is 2.43. The van der Waals surface area contributed by atoms with Gasteiger partial charge in [0, 0.05) is 11.6 Å². The summed E-state index contributed by atoms with van der Waals surface area (Å²) in [5.74, 6) is 2.12. The van der Waals surface area contributed by atoms with Crippen molar-refractivity contribution < 1.29 is 14.2 Å². The SMILES string of the molecule is COc1ccc([C@H]2CCN2)c(OC)c1OC. The Hall–Kier alpha value is -1.42. The van der Waals surface area contributed by atoms with E-state index < -0.39 is 0 Å². The normalized spacial score (nSPS) is 18.8. The van der Waals surface area contributed by atoms with Gasteiger partial charge >= 0.3 is 0 Å². The summed E-state index contributed by atoms with van der Waals surface area (Å²) in [6.45, 7) is 1.06. The van der Waals surface area contributed by atoms with Crippen molar-refractivity contribution in [2.45, 2.75) is 12.5 Å². The molecule has 88 valence electrons. The average Bonchev–Trinajstić information content (AvgIpc) is 2.25. The van der Waals surface area contributed by atoms with Gasteiger partial charge in [0.15, 0.2) is 11.5 Å². The number of ether oxygens (including phenoxy) is 3. The molecule has 1 aromatic rings. The van der Waals surface area contributed by atoms with Gasteiger partial charge < -0.3 is 19.5 Å². The van der Waals surface area contributed by atoms with Gasteiger partial charge in [-0.25, -0.2) is 0 Å².